The second-order valence-corrected chi connectivity index (χ2v) is 6.05. The van der Waals surface area contributed by atoms with Crippen molar-refractivity contribution < 1.29 is 22.5 Å². The SMILES string of the molecule is CC1(C)OB(c2ccc(Cl)nc2C(F)(F)F)OC1(C)C. The predicted molar refractivity (Wildman–Crippen MR) is 70.0 cm³/mol. The van der Waals surface area contributed by atoms with Crippen molar-refractivity contribution in [2.45, 2.75) is 45.1 Å². The Morgan fingerprint density at radius 2 is 1.60 bits per heavy atom. The molecule has 1 aromatic rings. The van der Waals surface area contributed by atoms with Gasteiger partial charge in [-0.25, -0.2) is 4.98 Å². The van der Waals surface area contributed by atoms with Crippen LogP contribution in [0, 0.1) is 0 Å². The first-order valence-corrected chi connectivity index (χ1v) is 6.41. The Balaban J connectivity index is 2.46. The van der Waals surface area contributed by atoms with Crippen molar-refractivity contribution in [3.05, 3.63) is 23.0 Å². The molecule has 0 spiro atoms. The Hall–Kier alpha value is -0.785. The molecule has 1 saturated heterocycles. The van der Waals surface area contributed by atoms with Crippen LogP contribution in [0.3, 0.4) is 0 Å². The van der Waals surface area contributed by atoms with Gasteiger partial charge in [0.1, 0.15) is 10.8 Å². The van der Waals surface area contributed by atoms with Crippen LogP contribution < -0.4 is 5.46 Å². The topological polar surface area (TPSA) is 31.4 Å². The Morgan fingerprint density at radius 3 is 2.05 bits per heavy atom. The molecule has 0 amide bonds. The highest BCUT2D eigenvalue weighted by Crippen LogP contribution is 2.37. The van der Waals surface area contributed by atoms with Crippen LogP contribution in [0.15, 0.2) is 12.1 Å². The first kappa shape index (κ1) is 15.6. The fraction of sp³-hybridized carbons (Fsp3) is 0.583. The average Bonchev–Trinajstić information content (AvgIpc) is 2.46. The summed E-state index contributed by atoms with van der Waals surface area (Å²) >= 11 is 5.55. The van der Waals surface area contributed by atoms with Gasteiger partial charge < -0.3 is 9.31 Å². The molecule has 1 aliphatic heterocycles. The van der Waals surface area contributed by atoms with Crippen molar-refractivity contribution in [3.8, 4) is 0 Å². The molecule has 20 heavy (non-hydrogen) atoms. The van der Waals surface area contributed by atoms with Gasteiger partial charge in [0.15, 0.2) is 0 Å². The molecular formula is C12H14BClF3NO2. The number of nitrogens with zero attached hydrogens (tertiary/aromatic N) is 1. The molecule has 0 unspecified atom stereocenters. The maximum absolute atomic E-state index is 13.0. The number of pyridine rings is 1. The third-order valence-electron chi connectivity index (χ3n) is 3.67. The lowest BCUT2D eigenvalue weighted by Gasteiger charge is -2.32. The summed E-state index contributed by atoms with van der Waals surface area (Å²) < 4.78 is 50.3. The second kappa shape index (κ2) is 4.61. The van der Waals surface area contributed by atoms with Crippen LogP contribution in [0.2, 0.25) is 5.15 Å². The zero-order chi connectivity index (χ0) is 15.3. The summed E-state index contributed by atoms with van der Waals surface area (Å²) in [5, 5.41) is -0.224. The molecule has 0 bridgehead atoms. The van der Waals surface area contributed by atoms with E-state index in [2.05, 4.69) is 4.98 Å². The van der Waals surface area contributed by atoms with Gasteiger partial charge in [-0.05, 0) is 33.8 Å². The van der Waals surface area contributed by atoms with Gasteiger partial charge in [-0.2, -0.15) is 13.2 Å². The van der Waals surface area contributed by atoms with Gasteiger partial charge in [-0.1, -0.05) is 17.7 Å². The van der Waals surface area contributed by atoms with E-state index in [1.807, 2.05) is 0 Å². The summed E-state index contributed by atoms with van der Waals surface area (Å²) in [6.07, 6.45) is -4.62. The number of alkyl halides is 3. The van der Waals surface area contributed by atoms with Crippen molar-refractivity contribution in [1.29, 1.82) is 0 Å². The molecule has 8 heteroatoms. The van der Waals surface area contributed by atoms with E-state index in [1.54, 1.807) is 27.7 Å². The van der Waals surface area contributed by atoms with Gasteiger partial charge in [-0.3, -0.25) is 0 Å². The number of rotatable bonds is 1. The van der Waals surface area contributed by atoms with Crippen molar-refractivity contribution in [2.24, 2.45) is 0 Å². The van der Waals surface area contributed by atoms with Crippen LogP contribution in [0.1, 0.15) is 33.4 Å². The van der Waals surface area contributed by atoms with Crippen LogP contribution in [-0.4, -0.2) is 23.3 Å². The number of halogens is 4. The number of hydrogen-bond donors (Lipinski definition) is 0. The fourth-order valence-electron chi connectivity index (χ4n) is 1.83. The molecule has 1 aliphatic rings. The summed E-state index contributed by atoms with van der Waals surface area (Å²) in [5.74, 6) is 0. The Kier molecular flexibility index (Phi) is 3.60. The maximum atomic E-state index is 13.0. The number of hydrogen-bond acceptors (Lipinski definition) is 3. The zero-order valence-corrected chi connectivity index (χ0v) is 12.3. The third-order valence-corrected chi connectivity index (χ3v) is 3.88. The second-order valence-electron chi connectivity index (χ2n) is 5.66. The molecule has 0 saturated carbocycles. The molecule has 0 aromatic carbocycles. The molecule has 0 N–H and O–H groups in total. The summed E-state index contributed by atoms with van der Waals surface area (Å²) in [7, 11) is -1.12. The third kappa shape index (κ3) is 2.66. The first-order valence-electron chi connectivity index (χ1n) is 6.03. The highest BCUT2D eigenvalue weighted by Gasteiger charge is 2.54. The van der Waals surface area contributed by atoms with Gasteiger partial charge >= 0.3 is 13.3 Å². The van der Waals surface area contributed by atoms with E-state index in [1.165, 1.54) is 12.1 Å². The molecule has 0 radical (unpaired) electrons. The summed E-state index contributed by atoms with van der Waals surface area (Å²) in [4.78, 5) is 3.36. The van der Waals surface area contributed by atoms with Crippen molar-refractivity contribution in [1.82, 2.24) is 4.98 Å². The molecular weight excluding hydrogens is 293 g/mol. The zero-order valence-electron chi connectivity index (χ0n) is 11.5. The maximum Gasteiger partial charge on any atom is 0.497 e. The Bertz CT molecular complexity index is 518. The van der Waals surface area contributed by atoms with Gasteiger partial charge in [0.2, 0.25) is 0 Å². The standard InChI is InChI=1S/C12H14BClF3NO2/c1-10(2)11(3,4)20-13(19-10)7-5-6-8(14)18-9(7)12(15,16)17/h5-6H,1-4H3. The smallest absolute Gasteiger partial charge is 0.399 e. The molecule has 0 atom stereocenters. The molecule has 0 aliphatic carbocycles. The fourth-order valence-corrected chi connectivity index (χ4v) is 1.98. The molecule has 2 heterocycles. The van der Waals surface area contributed by atoms with E-state index in [-0.39, 0.29) is 10.6 Å². The van der Waals surface area contributed by atoms with Crippen molar-refractivity contribution in [2.75, 3.05) is 0 Å². The minimum atomic E-state index is -4.62. The minimum Gasteiger partial charge on any atom is -0.399 e. The lowest BCUT2D eigenvalue weighted by Crippen LogP contribution is -2.41. The lowest BCUT2D eigenvalue weighted by molar-refractivity contribution is -0.140. The molecule has 110 valence electrons. The van der Waals surface area contributed by atoms with E-state index in [0.717, 1.165) is 0 Å². The molecule has 1 fully saturated rings. The average molecular weight is 308 g/mol. The highest BCUT2D eigenvalue weighted by atomic mass is 35.5. The number of aromatic nitrogens is 1. The van der Waals surface area contributed by atoms with Crippen LogP contribution in [0.25, 0.3) is 0 Å². The summed E-state index contributed by atoms with van der Waals surface area (Å²) in [6, 6.07) is 2.53. The predicted octanol–water partition coefficient (Wildman–Crippen LogP) is 3.05. The quantitative estimate of drug-likeness (QED) is 0.590. The van der Waals surface area contributed by atoms with Crippen LogP contribution >= 0.6 is 11.6 Å². The molecule has 2 rings (SSSR count). The molecule has 1 aromatic heterocycles. The van der Waals surface area contributed by atoms with Gasteiger partial charge in [0.05, 0.1) is 11.2 Å². The van der Waals surface area contributed by atoms with E-state index >= 15 is 0 Å². The van der Waals surface area contributed by atoms with Crippen LogP contribution in [0.4, 0.5) is 13.2 Å². The van der Waals surface area contributed by atoms with Crippen LogP contribution in [-0.2, 0) is 15.5 Å². The van der Waals surface area contributed by atoms with Crippen molar-refractivity contribution in [3.63, 3.8) is 0 Å². The van der Waals surface area contributed by atoms with Gasteiger partial charge in [-0.15, -0.1) is 0 Å². The lowest BCUT2D eigenvalue weighted by atomic mass is 9.77. The van der Waals surface area contributed by atoms with E-state index in [4.69, 9.17) is 20.9 Å². The van der Waals surface area contributed by atoms with E-state index in [0.29, 0.717) is 0 Å². The Morgan fingerprint density at radius 1 is 1.10 bits per heavy atom. The summed E-state index contributed by atoms with van der Waals surface area (Å²) in [6.45, 7) is 7.07. The van der Waals surface area contributed by atoms with Crippen molar-refractivity contribution >= 4 is 24.2 Å². The minimum absolute atomic E-state index is 0.166. The van der Waals surface area contributed by atoms with E-state index in [9.17, 15) is 13.2 Å². The van der Waals surface area contributed by atoms with Gasteiger partial charge in [0.25, 0.3) is 0 Å². The highest BCUT2D eigenvalue weighted by molar-refractivity contribution is 6.62. The summed E-state index contributed by atoms with van der Waals surface area (Å²) in [5.41, 5.74) is -2.69. The molecule has 3 nitrogen and oxygen atoms in total. The largest absolute Gasteiger partial charge is 0.497 e. The van der Waals surface area contributed by atoms with Gasteiger partial charge in [0, 0.05) is 5.46 Å². The monoisotopic (exact) mass is 307 g/mol. The Labute approximate surface area is 120 Å². The van der Waals surface area contributed by atoms with E-state index < -0.39 is 30.2 Å². The van der Waals surface area contributed by atoms with Crippen LogP contribution in [0.5, 0.6) is 0 Å². The normalized spacial score (nSPS) is 21.3. The first-order chi connectivity index (χ1) is 8.94.